The molecule has 1 aromatic carbocycles. The molecule has 2 atom stereocenters. The molecule has 2 N–H and O–H groups in total. The summed E-state index contributed by atoms with van der Waals surface area (Å²) in [4.78, 5) is 13.9. The van der Waals surface area contributed by atoms with Crippen molar-refractivity contribution in [3.05, 3.63) is 35.9 Å². The molecule has 0 spiro atoms. The van der Waals surface area contributed by atoms with Crippen molar-refractivity contribution in [2.75, 3.05) is 19.0 Å². The standard InChI is InChI=1S/C17H24N2O2/c1-19(2)14-10-7-13(8-11-14)9-12-17(21)18-15-5-3-4-6-16(15)20/h7-12,15-16,20H,3-6H2,1-2H3,(H,18,21)/b12-9+/t15-,16-/m1/s1. The van der Waals surface area contributed by atoms with Crippen LogP contribution in [-0.2, 0) is 4.79 Å². The summed E-state index contributed by atoms with van der Waals surface area (Å²) in [5.74, 6) is -0.141. The fraction of sp³-hybridized carbons (Fsp3) is 0.471. The predicted octanol–water partition coefficient (Wildman–Crippen LogP) is 2.19. The van der Waals surface area contributed by atoms with Crippen LogP contribution in [0.15, 0.2) is 30.3 Å². The van der Waals surface area contributed by atoms with Crippen molar-refractivity contribution in [3.8, 4) is 0 Å². The summed E-state index contributed by atoms with van der Waals surface area (Å²) >= 11 is 0. The van der Waals surface area contributed by atoms with Crippen LogP contribution in [0.2, 0.25) is 0 Å². The fourth-order valence-corrected chi connectivity index (χ4v) is 2.57. The van der Waals surface area contributed by atoms with Crippen molar-refractivity contribution in [2.24, 2.45) is 0 Å². The lowest BCUT2D eigenvalue weighted by molar-refractivity contribution is -0.118. The number of hydrogen-bond donors (Lipinski definition) is 2. The highest BCUT2D eigenvalue weighted by atomic mass is 16.3. The molecular weight excluding hydrogens is 264 g/mol. The molecule has 1 fully saturated rings. The Morgan fingerprint density at radius 3 is 2.52 bits per heavy atom. The van der Waals surface area contributed by atoms with Gasteiger partial charge in [0.1, 0.15) is 0 Å². The fourth-order valence-electron chi connectivity index (χ4n) is 2.57. The number of benzene rings is 1. The highest BCUT2D eigenvalue weighted by Gasteiger charge is 2.23. The second kappa shape index (κ2) is 7.27. The number of carbonyl (C=O) groups excluding carboxylic acids is 1. The number of aliphatic hydroxyl groups is 1. The van der Waals surface area contributed by atoms with E-state index in [1.54, 1.807) is 6.08 Å². The van der Waals surface area contributed by atoms with E-state index in [0.717, 1.165) is 36.9 Å². The lowest BCUT2D eigenvalue weighted by Gasteiger charge is -2.27. The maximum atomic E-state index is 11.9. The van der Waals surface area contributed by atoms with E-state index in [9.17, 15) is 9.90 Å². The molecule has 1 aliphatic rings. The molecule has 2 rings (SSSR count). The molecule has 21 heavy (non-hydrogen) atoms. The van der Waals surface area contributed by atoms with E-state index in [1.807, 2.05) is 43.3 Å². The Balaban J connectivity index is 1.89. The SMILES string of the molecule is CN(C)c1ccc(/C=C/C(=O)N[C@@H]2CCCC[C@H]2O)cc1. The lowest BCUT2D eigenvalue weighted by atomic mass is 9.92. The van der Waals surface area contributed by atoms with Gasteiger partial charge in [0.25, 0.3) is 0 Å². The van der Waals surface area contributed by atoms with E-state index in [4.69, 9.17) is 0 Å². The first-order chi connectivity index (χ1) is 10.1. The average Bonchev–Trinajstić information content (AvgIpc) is 2.48. The molecule has 0 aliphatic heterocycles. The van der Waals surface area contributed by atoms with Gasteiger partial charge in [0.2, 0.25) is 5.91 Å². The van der Waals surface area contributed by atoms with Gasteiger partial charge in [0.15, 0.2) is 0 Å². The first kappa shape index (κ1) is 15.6. The van der Waals surface area contributed by atoms with Crippen LogP contribution in [0.5, 0.6) is 0 Å². The van der Waals surface area contributed by atoms with Crippen molar-refractivity contribution in [3.63, 3.8) is 0 Å². The van der Waals surface area contributed by atoms with Gasteiger partial charge in [-0.1, -0.05) is 25.0 Å². The molecule has 0 radical (unpaired) electrons. The molecule has 4 nitrogen and oxygen atoms in total. The normalized spacial score (nSPS) is 22.2. The van der Waals surface area contributed by atoms with Crippen LogP contribution in [0.1, 0.15) is 31.2 Å². The monoisotopic (exact) mass is 288 g/mol. The minimum Gasteiger partial charge on any atom is -0.391 e. The first-order valence-corrected chi connectivity index (χ1v) is 7.50. The summed E-state index contributed by atoms with van der Waals surface area (Å²) in [7, 11) is 3.99. The van der Waals surface area contributed by atoms with Crippen LogP contribution < -0.4 is 10.2 Å². The van der Waals surface area contributed by atoms with Crippen LogP contribution in [0.4, 0.5) is 5.69 Å². The van der Waals surface area contributed by atoms with Crippen molar-refractivity contribution in [1.82, 2.24) is 5.32 Å². The van der Waals surface area contributed by atoms with Crippen LogP contribution in [0.25, 0.3) is 6.08 Å². The van der Waals surface area contributed by atoms with Gasteiger partial charge in [-0.25, -0.2) is 0 Å². The first-order valence-electron chi connectivity index (χ1n) is 7.50. The zero-order valence-electron chi connectivity index (χ0n) is 12.7. The molecule has 1 amide bonds. The maximum absolute atomic E-state index is 11.9. The number of nitrogens with one attached hydrogen (secondary N) is 1. The van der Waals surface area contributed by atoms with Crippen LogP contribution in [0, 0.1) is 0 Å². The van der Waals surface area contributed by atoms with Crippen LogP contribution in [0.3, 0.4) is 0 Å². The van der Waals surface area contributed by atoms with E-state index in [-0.39, 0.29) is 11.9 Å². The number of amides is 1. The quantitative estimate of drug-likeness (QED) is 0.835. The second-order valence-electron chi connectivity index (χ2n) is 5.79. The Labute approximate surface area is 126 Å². The third kappa shape index (κ3) is 4.60. The topological polar surface area (TPSA) is 52.6 Å². The summed E-state index contributed by atoms with van der Waals surface area (Å²) < 4.78 is 0. The molecule has 0 heterocycles. The second-order valence-corrected chi connectivity index (χ2v) is 5.79. The van der Waals surface area contributed by atoms with Crippen molar-refractivity contribution >= 4 is 17.7 Å². The molecule has 4 heteroatoms. The minimum absolute atomic E-state index is 0.105. The lowest BCUT2D eigenvalue weighted by Crippen LogP contribution is -2.44. The number of carbonyl (C=O) groups is 1. The smallest absolute Gasteiger partial charge is 0.244 e. The highest BCUT2D eigenvalue weighted by Crippen LogP contribution is 2.18. The number of aliphatic hydroxyl groups excluding tert-OH is 1. The molecule has 0 saturated heterocycles. The molecule has 0 aromatic heterocycles. The van der Waals surface area contributed by atoms with Gasteiger partial charge in [-0.2, -0.15) is 0 Å². The zero-order chi connectivity index (χ0) is 15.2. The van der Waals surface area contributed by atoms with Gasteiger partial charge in [0, 0.05) is 25.9 Å². The summed E-state index contributed by atoms with van der Waals surface area (Å²) in [6.07, 6.45) is 6.67. The number of nitrogens with zero attached hydrogens (tertiary/aromatic N) is 1. The highest BCUT2D eigenvalue weighted by molar-refractivity contribution is 5.92. The molecule has 114 valence electrons. The van der Waals surface area contributed by atoms with Gasteiger partial charge in [-0.05, 0) is 36.6 Å². The molecule has 1 aromatic rings. The average molecular weight is 288 g/mol. The summed E-state index contributed by atoms with van der Waals surface area (Å²) in [6, 6.07) is 7.89. The molecule has 0 bridgehead atoms. The number of anilines is 1. The van der Waals surface area contributed by atoms with Gasteiger partial charge in [0.05, 0.1) is 12.1 Å². The minimum atomic E-state index is -0.407. The number of rotatable bonds is 4. The van der Waals surface area contributed by atoms with E-state index >= 15 is 0 Å². The Morgan fingerprint density at radius 2 is 1.90 bits per heavy atom. The third-order valence-electron chi connectivity index (χ3n) is 3.89. The molecule has 0 unspecified atom stereocenters. The van der Waals surface area contributed by atoms with Gasteiger partial charge in [-0.15, -0.1) is 0 Å². The Hall–Kier alpha value is -1.81. The molecular formula is C17H24N2O2. The van der Waals surface area contributed by atoms with E-state index < -0.39 is 6.10 Å². The Morgan fingerprint density at radius 1 is 1.24 bits per heavy atom. The largest absolute Gasteiger partial charge is 0.391 e. The van der Waals surface area contributed by atoms with Gasteiger partial charge >= 0.3 is 0 Å². The predicted molar refractivity (Wildman–Crippen MR) is 86.2 cm³/mol. The molecule has 1 aliphatic carbocycles. The Bertz CT molecular complexity index is 494. The van der Waals surface area contributed by atoms with E-state index in [1.165, 1.54) is 6.08 Å². The van der Waals surface area contributed by atoms with Crippen LogP contribution in [-0.4, -0.2) is 37.3 Å². The third-order valence-corrected chi connectivity index (χ3v) is 3.89. The zero-order valence-corrected chi connectivity index (χ0v) is 12.7. The number of hydrogen-bond acceptors (Lipinski definition) is 3. The van der Waals surface area contributed by atoms with E-state index in [0.29, 0.717) is 0 Å². The summed E-state index contributed by atoms with van der Waals surface area (Å²) in [5.41, 5.74) is 2.11. The van der Waals surface area contributed by atoms with Crippen molar-refractivity contribution in [2.45, 2.75) is 37.8 Å². The summed E-state index contributed by atoms with van der Waals surface area (Å²) in [6.45, 7) is 0. The van der Waals surface area contributed by atoms with E-state index in [2.05, 4.69) is 5.32 Å². The van der Waals surface area contributed by atoms with Gasteiger partial charge < -0.3 is 15.3 Å². The molecule has 1 saturated carbocycles. The summed E-state index contributed by atoms with van der Waals surface area (Å²) in [5, 5.41) is 12.7. The van der Waals surface area contributed by atoms with Crippen LogP contribution >= 0.6 is 0 Å². The van der Waals surface area contributed by atoms with Crippen molar-refractivity contribution < 1.29 is 9.90 Å². The van der Waals surface area contributed by atoms with Gasteiger partial charge in [-0.3, -0.25) is 4.79 Å². The Kier molecular flexibility index (Phi) is 5.39. The maximum Gasteiger partial charge on any atom is 0.244 e. The van der Waals surface area contributed by atoms with Crippen molar-refractivity contribution in [1.29, 1.82) is 0 Å².